The second-order valence-corrected chi connectivity index (χ2v) is 4.50. The predicted molar refractivity (Wildman–Crippen MR) is 75.4 cm³/mol. The molecular formula is C14H15ClN2O2. The highest BCUT2D eigenvalue weighted by molar-refractivity contribution is 6.30. The van der Waals surface area contributed by atoms with E-state index in [4.69, 9.17) is 16.0 Å². The van der Waals surface area contributed by atoms with Gasteiger partial charge in [-0.3, -0.25) is 4.79 Å². The lowest BCUT2D eigenvalue weighted by Crippen LogP contribution is -2.29. The predicted octanol–water partition coefficient (Wildman–Crippen LogP) is 2.70. The van der Waals surface area contributed by atoms with Gasteiger partial charge in [0.05, 0.1) is 12.8 Å². The van der Waals surface area contributed by atoms with Crippen molar-refractivity contribution in [3.05, 3.63) is 53.4 Å². The van der Waals surface area contributed by atoms with Gasteiger partial charge in [0.1, 0.15) is 5.76 Å². The highest BCUT2D eigenvalue weighted by Crippen LogP contribution is 2.14. The molecule has 5 heteroatoms. The average Bonchev–Trinajstić information content (AvgIpc) is 2.88. The number of carbonyl (C=O) groups excluding carboxylic acids is 1. The molecular weight excluding hydrogens is 264 g/mol. The Labute approximate surface area is 116 Å². The van der Waals surface area contributed by atoms with E-state index in [0.717, 1.165) is 12.2 Å². The molecule has 1 aromatic heterocycles. The van der Waals surface area contributed by atoms with Crippen LogP contribution in [0.3, 0.4) is 0 Å². The first-order valence-corrected chi connectivity index (χ1v) is 6.40. The Morgan fingerprint density at radius 3 is 2.89 bits per heavy atom. The zero-order valence-corrected chi connectivity index (χ0v) is 11.1. The number of hydrogen-bond donors (Lipinski definition) is 2. The smallest absolute Gasteiger partial charge is 0.238 e. The third kappa shape index (κ3) is 4.77. The summed E-state index contributed by atoms with van der Waals surface area (Å²) in [6.07, 6.45) is 2.40. The van der Waals surface area contributed by atoms with E-state index in [-0.39, 0.29) is 12.5 Å². The Hall–Kier alpha value is -1.78. The van der Waals surface area contributed by atoms with Crippen molar-refractivity contribution in [2.75, 3.05) is 18.4 Å². The monoisotopic (exact) mass is 278 g/mol. The molecule has 2 aromatic rings. The van der Waals surface area contributed by atoms with Gasteiger partial charge in [-0.25, -0.2) is 0 Å². The molecule has 100 valence electrons. The van der Waals surface area contributed by atoms with Gasteiger partial charge in [0.2, 0.25) is 5.91 Å². The summed E-state index contributed by atoms with van der Waals surface area (Å²) in [5.74, 6) is 0.810. The summed E-state index contributed by atoms with van der Waals surface area (Å²) in [5, 5.41) is 6.42. The van der Waals surface area contributed by atoms with Crippen LogP contribution in [0.2, 0.25) is 5.02 Å². The second-order valence-electron chi connectivity index (χ2n) is 4.06. The summed E-state index contributed by atoms with van der Waals surface area (Å²) in [7, 11) is 0. The Bertz CT molecular complexity index is 526. The molecule has 1 aromatic carbocycles. The quantitative estimate of drug-likeness (QED) is 0.799. The minimum Gasteiger partial charge on any atom is -0.469 e. The van der Waals surface area contributed by atoms with Crippen molar-refractivity contribution in [3.8, 4) is 0 Å². The van der Waals surface area contributed by atoms with Gasteiger partial charge in [-0.15, -0.1) is 0 Å². The van der Waals surface area contributed by atoms with Gasteiger partial charge in [-0.05, 0) is 30.3 Å². The first-order valence-electron chi connectivity index (χ1n) is 6.02. The van der Waals surface area contributed by atoms with E-state index in [0.29, 0.717) is 17.3 Å². The van der Waals surface area contributed by atoms with Crippen molar-refractivity contribution >= 4 is 23.2 Å². The summed E-state index contributed by atoms with van der Waals surface area (Å²) in [6, 6.07) is 10.8. The molecule has 0 saturated carbocycles. The molecule has 19 heavy (non-hydrogen) atoms. The number of nitrogens with one attached hydrogen (secondary N) is 2. The van der Waals surface area contributed by atoms with Crippen molar-refractivity contribution in [1.82, 2.24) is 5.32 Å². The first kappa shape index (κ1) is 13.6. The van der Waals surface area contributed by atoms with Gasteiger partial charge in [-0.2, -0.15) is 0 Å². The van der Waals surface area contributed by atoms with Gasteiger partial charge in [0.15, 0.2) is 0 Å². The third-order valence-electron chi connectivity index (χ3n) is 2.52. The maximum absolute atomic E-state index is 11.6. The van der Waals surface area contributed by atoms with E-state index >= 15 is 0 Å². The number of amides is 1. The van der Waals surface area contributed by atoms with Crippen molar-refractivity contribution in [2.45, 2.75) is 6.42 Å². The maximum atomic E-state index is 11.6. The highest BCUT2D eigenvalue weighted by Gasteiger charge is 2.02. The number of hydrogen-bond acceptors (Lipinski definition) is 3. The molecule has 0 aliphatic rings. The van der Waals surface area contributed by atoms with Crippen LogP contribution in [-0.4, -0.2) is 19.0 Å². The molecule has 0 saturated heterocycles. The van der Waals surface area contributed by atoms with Gasteiger partial charge in [0, 0.05) is 23.7 Å². The highest BCUT2D eigenvalue weighted by atomic mass is 35.5. The molecule has 1 amide bonds. The second kappa shape index (κ2) is 6.97. The number of rotatable bonds is 6. The van der Waals surface area contributed by atoms with Crippen LogP contribution in [0.5, 0.6) is 0 Å². The molecule has 0 spiro atoms. The van der Waals surface area contributed by atoms with Gasteiger partial charge in [-0.1, -0.05) is 17.7 Å². The van der Waals surface area contributed by atoms with Crippen LogP contribution in [-0.2, 0) is 11.2 Å². The normalized spacial score (nSPS) is 10.4. The third-order valence-corrected chi connectivity index (χ3v) is 2.76. The molecule has 0 unspecified atom stereocenters. The van der Waals surface area contributed by atoms with Crippen LogP contribution in [0.15, 0.2) is 47.1 Å². The number of halogens is 1. The summed E-state index contributed by atoms with van der Waals surface area (Å²) in [6.45, 7) is 0.948. The largest absolute Gasteiger partial charge is 0.469 e. The lowest BCUT2D eigenvalue weighted by Gasteiger charge is -2.06. The molecule has 0 atom stereocenters. The molecule has 2 rings (SSSR count). The van der Waals surface area contributed by atoms with E-state index in [1.165, 1.54) is 0 Å². The van der Waals surface area contributed by atoms with Crippen LogP contribution in [0, 0.1) is 0 Å². The number of benzene rings is 1. The first-order chi connectivity index (χ1) is 9.24. The van der Waals surface area contributed by atoms with Crippen LogP contribution >= 0.6 is 11.6 Å². The molecule has 0 bridgehead atoms. The van der Waals surface area contributed by atoms with Gasteiger partial charge < -0.3 is 15.1 Å². The summed E-state index contributed by atoms with van der Waals surface area (Å²) >= 11 is 5.83. The van der Waals surface area contributed by atoms with E-state index in [9.17, 15) is 4.79 Å². The molecule has 4 nitrogen and oxygen atoms in total. The van der Waals surface area contributed by atoms with Crippen LogP contribution in [0.1, 0.15) is 5.76 Å². The Kier molecular flexibility index (Phi) is 5.01. The fraction of sp³-hybridized carbons (Fsp3) is 0.214. The SMILES string of the molecule is O=C(CNCCc1ccco1)Nc1cccc(Cl)c1. The molecule has 0 radical (unpaired) electrons. The topological polar surface area (TPSA) is 54.3 Å². The fourth-order valence-corrected chi connectivity index (χ4v) is 1.83. The van der Waals surface area contributed by atoms with Gasteiger partial charge in [0.25, 0.3) is 0 Å². The average molecular weight is 279 g/mol. The summed E-state index contributed by atoms with van der Waals surface area (Å²) in [4.78, 5) is 11.6. The Balaban J connectivity index is 1.67. The summed E-state index contributed by atoms with van der Waals surface area (Å²) in [5.41, 5.74) is 0.699. The number of furan rings is 1. The molecule has 0 aliphatic heterocycles. The van der Waals surface area contributed by atoms with Crippen LogP contribution in [0.4, 0.5) is 5.69 Å². The lowest BCUT2D eigenvalue weighted by molar-refractivity contribution is -0.115. The van der Waals surface area contributed by atoms with E-state index in [1.807, 2.05) is 12.1 Å². The van der Waals surface area contributed by atoms with Gasteiger partial charge >= 0.3 is 0 Å². The number of anilines is 1. The molecule has 1 heterocycles. The van der Waals surface area contributed by atoms with Crippen molar-refractivity contribution in [1.29, 1.82) is 0 Å². The Morgan fingerprint density at radius 1 is 1.26 bits per heavy atom. The minimum absolute atomic E-state index is 0.0956. The van der Waals surface area contributed by atoms with Crippen LogP contribution in [0.25, 0.3) is 0 Å². The zero-order valence-electron chi connectivity index (χ0n) is 10.4. The molecule has 2 N–H and O–H groups in total. The zero-order chi connectivity index (χ0) is 13.5. The van der Waals surface area contributed by atoms with Crippen molar-refractivity contribution in [3.63, 3.8) is 0 Å². The van der Waals surface area contributed by atoms with E-state index in [1.54, 1.807) is 30.5 Å². The standard InChI is InChI=1S/C14H15ClN2O2/c15-11-3-1-4-12(9-11)17-14(18)10-16-7-6-13-5-2-8-19-13/h1-5,8-9,16H,6-7,10H2,(H,17,18). The number of carbonyl (C=O) groups is 1. The van der Waals surface area contributed by atoms with Crippen molar-refractivity contribution < 1.29 is 9.21 Å². The van der Waals surface area contributed by atoms with E-state index < -0.39 is 0 Å². The summed E-state index contributed by atoms with van der Waals surface area (Å²) < 4.78 is 5.19. The van der Waals surface area contributed by atoms with E-state index in [2.05, 4.69) is 10.6 Å². The Morgan fingerprint density at radius 2 is 2.16 bits per heavy atom. The van der Waals surface area contributed by atoms with Crippen LogP contribution < -0.4 is 10.6 Å². The molecule has 0 aliphatic carbocycles. The fourth-order valence-electron chi connectivity index (χ4n) is 1.64. The minimum atomic E-state index is -0.0956. The molecule has 0 fully saturated rings. The lowest BCUT2D eigenvalue weighted by atomic mass is 10.3. The maximum Gasteiger partial charge on any atom is 0.238 e. The van der Waals surface area contributed by atoms with Crippen molar-refractivity contribution in [2.24, 2.45) is 0 Å².